The minimum atomic E-state index is -1.08. The van der Waals surface area contributed by atoms with Gasteiger partial charge >= 0.3 is 6.03 Å². The summed E-state index contributed by atoms with van der Waals surface area (Å²) in [5.41, 5.74) is -0.324. The van der Waals surface area contributed by atoms with Crippen LogP contribution in [-0.2, 0) is 15.1 Å². The molecule has 2 rings (SSSR count). The van der Waals surface area contributed by atoms with E-state index in [1.165, 1.54) is 0 Å². The van der Waals surface area contributed by atoms with E-state index in [0.717, 1.165) is 23.3 Å². The van der Waals surface area contributed by atoms with Gasteiger partial charge in [0.2, 0.25) is 5.91 Å². The maximum atomic E-state index is 13.0. The summed E-state index contributed by atoms with van der Waals surface area (Å²) in [6.45, 7) is 5.44. The molecule has 1 aromatic carbocycles. The lowest BCUT2D eigenvalue weighted by molar-refractivity contribution is -0.135. The molecule has 0 radical (unpaired) electrons. The molecule has 2 N–H and O–H groups in total. The third-order valence-electron chi connectivity index (χ3n) is 4.10. The maximum Gasteiger partial charge on any atom is 0.325 e. The number of nitrogens with one attached hydrogen (secondary N) is 2. The SMILES string of the molecule is CCCCC1(c2ccccc2)NC(=O)N(CC(=O)NC(C)C)C1=O. The van der Waals surface area contributed by atoms with Crippen molar-refractivity contribution in [1.82, 2.24) is 15.5 Å². The van der Waals surface area contributed by atoms with E-state index >= 15 is 0 Å². The number of carbonyl (C=O) groups excluding carboxylic acids is 3. The van der Waals surface area contributed by atoms with Crippen LogP contribution < -0.4 is 10.6 Å². The number of hydrogen-bond donors (Lipinski definition) is 2. The molecule has 0 spiro atoms. The van der Waals surface area contributed by atoms with Crippen molar-refractivity contribution in [3.63, 3.8) is 0 Å². The minimum absolute atomic E-state index is 0.0442. The van der Waals surface area contributed by atoms with E-state index in [0.29, 0.717) is 6.42 Å². The Morgan fingerprint density at radius 1 is 1.25 bits per heavy atom. The topological polar surface area (TPSA) is 78.5 Å². The molecule has 0 bridgehead atoms. The summed E-state index contributed by atoms with van der Waals surface area (Å²) in [6.07, 6.45) is 2.22. The molecular formula is C18H25N3O3. The summed E-state index contributed by atoms with van der Waals surface area (Å²) in [5.74, 6) is -0.695. The van der Waals surface area contributed by atoms with Gasteiger partial charge in [-0.1, -0.05) is 50.1 Å². The molecule has 1 aliphatic heterocycles. The van der Waals surface area contributed by atoms with Crippen LogP contribution >= 0.6 is 0 Å². The Morgan fingerprint density at radius 3 is 2.50 bits per heavy atom. The summed E-state index contributed by atoms with van der Waals surface area (Å²) in [4.78, 5) is 38.4. The molecule has 4 amide bonds. The number of carbonyl (C=O) groups is 3. The van der Waals surface area contributed by atoms with Crippen molar-refractivity contribution < 1.29 is 14.4 Å². The highest BCUT2D eigenvalue weighted by Crippen LogP contribution is 2.34. The molecule has 0 aliphatic carbocycles. The first-order valence-electron chi connectivity index (χ1n) is 8.39. The monoisotopic (exact) mass is 331 g/mol. The second-order valence-corrected chi connectivity index (χ2v) is 6.42. The number of urea groups is 1. The van der Waals surface area contributed by atoms with E-state index in [9.17, 15) is 14.4 Å². The van der Waals surface area contributed by atoms with Crippen molar-refractivity contribution in [2.24, 2.45) is 0 Å². The molecule has 0 aromatic heterocycles. The second kappa shape index (κ2) is 7.47. The van der Waals surface area contributed by atoms with Crippen molar-refractivity contribution >= 4 is 17.8 Å². The number of nitrogens with zero attached hydrogens (tertiary/aromatic N) is 1. The average Bonchev–Trinajstić information content (AvgIpc) is 2.78. The van der Waals surface area contributed by atoms with E-state index in [2.05, 4.69) is 10.6 Å². The van der Waals surface area contributed by atoms with Crippen LogP contribution in [0.3, 0.4) is 0 Å². The molecule has 1 heterocycles. The zero-order chi connectivity index (χ0) is 17.7. The predicted octanol–water partition coefficient (Wildman–Crippen LogP) is 2.15. The van der Waals surface area contributed by atoms with Crippen LogP contribution in [0.4, 0.5) is 4.79 Å². The molecule has 0 saturated carbocycles. The van der Waals surface area contributed by atoms with Crippen molar-refractivity contribution in [1.29, 1.82) is 0 Å². The number of unbranched alkanes of at least 4 members (excludes halogenated alkanes) is 1. The lowest BCUT2D eigenvalue weighted by Crippen LogP contribution is -2.45. The Bertz CT molecular complexity index is 615. The van der Waals surface area contributed by atoms with Gasteiger partial charge in [-0.05, 0) is 25.8 Å². The number of imide groups is 1. The van der Waals surface area contributed by atoms with Gasteiger partial charge in [-0.25, -0.2) is 4.79 Å². The minimum Gasteiger partial charge on any atom is -0.352 e. The summed E-state index contributed by atoms with van der Waals surface area (Å²) < 4.78 is 0. The summed E-state index contributed by atoms with van der Waals surface area (Å²) in [5, 5.41) is 5.54. The van der Waals surface area contributed by atoms with Gasteiger partial charge in [0.15, 0.2) is 0 Å². The summed E-state index contributed by atoms with van der Waals surface area (Å²) >= 11 is 0. The molecule has 1 atom stereocenters. The van der Waals surface area contributed by atoms with Gasteiger partial charge in [-0.15, -0.1) is 0 Å². The molecule has 6 nitrogen and oxygen atoms in total. The van der Waals surface area contributed by atoms with Crippen molar-refractivity contribution in [3.05, 3.63) is 35.9 Å². The fourth-order valence-electron chi connectivity index (χ4n) is 2.95. The molecule has 130 valence electrons. The lowest BCUT2D eigenvalue weighted by atomic mass is 9.85. The predicted molar refractivity (Wildman–Crippen MR) is 91.2 cm³/mol. The Balaban J connectivity index is 2.28. The zero-order valence-corrected chi connectivity index (χ0v) is 14.5. The standard InChI is InChI=1S/C18H25N3O3/c1-4-5-11-18(14-9-7-6-8-10-14)16(23)21(17(24)20-18)12-15(22)19-13(2)3/h6-10,13H,4-5,11-12H2,1-3H3,(H,19,22)(H,20,24). The third kappa shape index (κ3) is 3.58. The Labute approximate surface area is 142 Å². The van der Waals surface area contributed by atoms with E-state index in [-0.39, 0.29) is 24.4 Å². The van der Waals surface area contributed by atoms with Crippen LogP contribution in [0.1, 0.15) is 45.6 Å². The van der Waals surface area contributed by atoms with Gasteiger partial charge in [0.05, 0.1) is 0 Å². The Morgan fingerprint density at radius 2 is 1.92 bits per heavy atom. The Kier molecular flexibility index (Phi) is 5.59. The maximum absolute atomic E-state index is 13.0. The third-order valence-corrected chi connectivity index (χ3v) is 4.10. The molecule has 1 aromatic rings. The normalized spacial score (nSPS) is 20.4. The van der Waals surface area contributed by atoms with Crippen LogP contribution in [-0.4, -0.2) is 35.3 Å². The van der Waals surface area contributed by atoms with Crippen LogP contribution in [0.5, 0.6) is 0 Å². The highest BCUT2D eigenvalue weighted by Gasteiger charge is 2.52. The highest BCUT2D eigenvalue weighted by atomic mass is 16.2. The fraction of sp³-hybridized carbons (Fsp3) is 0.500. The van der Waals surface area contributed by atoms with E-state index in [4.69, 9.17) is 0 Å². The summed E-state index contributed by atoms with van der Waals surface area (Å²) in [7, 11) is 0. The fourth-order valence-corrected chi connectivity index (χ4v) is 2.95. The van der Waals surface area contributed by atoms with Gasteiger partial charge in [0.25, 0.3) is 5.91 Å². The molecule has 1 unspecified atom stereocenters. The van der Waals surface area contributed by atoms with E-state index < -0.39 is 11.6 Å². The molecule has 6 heteroatoms. The quantitative estimate of drug-likeness (QED) is 0.752. The van der Waals surface area contributed by atoms with E-state index in [1.54, 1.807) is 0 Å². The zero-order valence-electron chi connectivity index (χ0n) is 14.5. The second-order valence-electron chi connectivity index (χ2n) is 6.42. The largest absolute Gasteiger partial charge is 0.352 e. The van der Waals surface area contributed by atoms with Crippen LogP contribution in [0.2, 0.25) is 0 Å². The summed E-state index contributed by atoms with van der Waals surface area (Å²) in [6, 6.07) is 8.67. The van der Waals surface area contributed by atoms with Gasteiger partial charge in [-0.2, -0.15) is 0 Å². The lowest BCUT2D eigenvalue weighted by Gasteiger charge is -2.27. The number of amides is 4. The Hall–Kier alpha value is -2.37. The first kappa shape index (κ1) is 18.0. The van der Waals surface area contributed by atoms with Gasteiger partial charge < -0.3 is 10.6 Å². The molecule has 1 fully saturated rings. The van der Waals surface area contributed by atoms with Gasteiger partial charge in [0.1, 0.15) is 12.1 Å². The van der Waals surface area contributed by atoms with Crippen LogP contribution in [0, 0.1) is 0 Å². The molecule has 1 aliphatic rings. The van der Waals surface area contributed by atoms with Gasteiger partial charge in [-0.3, -0.25) is 14.5 Å². The van der Waals surface area contributed by atoms with Crippen molar-refractivity contribution in [2.45, 2.75) is 51.6 Å². The first-order chi connectivity index (χ1) is 11.4. The van der Waals surface area contributed by atoms with E-state index in [1.807, 2.05) is 51.1 Å². The number of hydrogen-bond acceptors (Lipinski definition) is 3. The molecule has 1 saturated heterocycles. The van der Waals surface area contributed by atoms with Crippen molar-refractivity contribution in [3.8, 4) is 0 Å². The smallest absolute Gasteiger partial charge is 0.325 e. The average molecular weight is 331 g/mol. The van der Waals surface area contributed by atoms with Crippen LogP contribution in [0.25, 0.3) is 0 Å². The molecular weight excluding hydrogens is 306 g/mol. The molecule has 24 heavy (non-hydrogen) atoms. The van der Waals surface area contributed by atoms with Crippen LogP contribution in [0.15, 0.2) is 30.3 Å². The number of rotatable bonds is 7. The first-order valence-corrected chi connectivity index (χ1v) is 8.39. The van der Waals surface area contributed by atoms with Gasteiger partial charge in [0, 0.05) is 6.04 Å². The number of benzene rings is 1. The van der Waals surface area contributed by atoms with Crippen molar-refractivity contribution in [2.75, 3.05) is 6.54 Å². The highest BCUT2D eigenvalue weighted by molar-refractivity contribution is 6.09.